The number of ether oxygens (including phenoxy) is 1. The summed E-state index contributed by atoms with van der Waals surface area (Å²) in [6.07, 6.45) is 0.709. The molecule has 4 rings (SSSR count). The summed E-state index contributed by atoms with van der Waals surface area (Å²) in [5.41, 5.74) is 1.75. The van der Waals surface area contributed by atoms with E-state index in [1.165, 1.54) is 24.1 Å². The van der Waals surface area contributed by atoms with Gasteiger partial charge in [-0.05, 0) is 35.1 Å². The van der Waals surface area contributed by atoms with Crippen LogP contribution >= 0.6 is 11.3 Å². The number of methoxy groups -OCH3 is 1. The zero-order valence-corrected chi connectivity index (χ0v) is 16.9. The number of rotatable bonds is 4. The molecule has 1 aliphatic rings. The fourth-order valence-electron chi connectivity index (χ4n) is 3.77. The van der Waals surface area contributed by atoms with E-state index in [0.29, 0.717) is 13.0 Å². The van der Waals surface area contributed by atoms with Gasteiger partial charge in [-0.15, -0.1) is 11.3 Å². The highest BCUT2D eigenvalue weighted by molar-refractivity contribution is 7.10. The Kier molecular flexibility index (Phi) is 5.33. The van der Waals surface area contributed by atoms with Crippen LogP contribution in [0.4, 0.5) is 5.69 Å². The minimum atomic E-state index is -0.730. The molecule has 1 aromatic heterocycles. The van der Waals surface area contributed by atoms with Gasteiger partial charge in [0.25, 0.3) is 11.6 Å². The summed E-state index contributed by atoms with van der Waals surface area (Å²) >= 11 is 1.66. The maximum Gasteiger partial charge on any atom is 0.338 e. The first-order valence-electron chi connectivity index (χ1n) is 9.29. The summed E-state index contributed by atoms with van der Waals surface area (Å²) in [6.45, 7) is 0.474. The molecule has 7 nitrogen and oxygen atoms in total. The lowest BCUT2D eigenvalue weighted by Gasteiger charge is -2.36. The van der Waals surface area contributed by atoms with Crippen molar-refractivity contribution in [2.45, 2.75) is 12.5 Å². The molecule has 0 bridgehead atoms. The number of carbonyl (C=O) groups is 2. The van der Waals surface area contributed by atoms with Gasteiger partial charge in [-0.25, -0.2) is 4.79 Å². The minimum absolute atomic E-state index is 0.0282. The van der Waals surface area contributed by atoms with Gasteiger partial charge >= 0.3 is 5.97 Å². The van der Waals surface area contributed by atoms with Gasteiger partial charge in [0.05, 0.1) is 23.6 Å². The third kappa shape index (κ3) is 3.57. The minimum Gasteiger partial charge on any atom is -0.465 e. The molecule has 0 saturated carbocycles. The molecule has 8 heteroatoms. The number of carbonyl (C=O) groups excluding carboxylic acids is 2. The van der Waals surface area contributed by atoms with Gasteiger partial charge in [0.2, 0.25) is 0 Å². The number of hydrogen-bond donors (Lipinski definition) is 0. The molecular weight excluding hydrogens is 404 g/mol. The molecule has 1 atom stereocenters. The Hall–Kier alpha value is -3.52. The predicted molar refractivity (Wildman–Crippen MR) is 112 cm³/mol. The molecule has 0 aliphatic carbocycles. The second-order valence-corrected chi connectivity index (χ2v) is 7.88. The van der Waals surface area contributed by atoms with E-state index < -0.39 is 10.9 Å². The fourth-order valence-corrected chi connectivity index (χ4v) is 4.68. The van der Waals surface area contributed by atoms with Crippen LogP contribution in [0.5, 0.6) is 0 Å². The van der Waals surface area contributed by atoms with Crippen LogP contribution in [-0.2, 0) is 11.2 Å². The standard InChI is InChI=1S/C22H18N2O5S/c1-29-22(26)16-11-15(12-17(13-16)24(27)28)21(25)23-9-7-19-18(8-10-30-19)20(23)14-5-3-2-4-6-14/h2-6,8,10-13,20H,7,9H2,1H3. The van der Waals surface area contributed by atoms with Gasteiger partial charge in [0.1, 0.15) is 0 Å². The lowest BCUT2D eigenvalue weighted by atomic mass is 9.92. The Balaban J connectivity index is 1.79. The quantitative estimate of drug-likeness (QED) is 0.357. The van der Waals surface area contributed by atoms with E-state index in [0.717, 1.165) is 17.2 Å². The van der Waals surface area contributed by atoms with Crippen LogP contribution in [0.25, 0.3) is 0 Å². The number of nitrogens with zero attached hydrogens (tertiary/aromatic N) is 2. The highest BCUT2D eigenvalue weighted by Gasteiger charge is 2.34. The van der Waals surface area contributed by atoms with Crippen molar-refractivity contribution in [3.63, 3.8) is 0 Å². The van der Waals surface area contributed by atoms with Crippen LogP contribution in [0.3, 0.4) is 0 Å². The smallest absolute Gasteiger partial charge is 0.338 e. The van der Waals surface area contributed by atoms with Crippen LogP contribution in [0.15, 0.2) is 60.0 Å². The van der Waals surface area contributed by atoms with Crippen LogP contribution in [-0.4, -0.2) is 35.4 Å². The average molecular weight is 422 g/mol. The average Bonchev–Trinajstić information content (AvgIpc) is 3.26. The first-order chi connectivity index (χ1) is 14.5. The van der Waals surface area contributed by atoms with Crippen molar-refractivity contribution in [2.75, 3.05) is 13.7 Å². The number of thiophene rings is 1. The topological polar surface area (TPSA) is 89.8 Å². The molecule has 0 fully saturated rings. The van der Waals surface area contributed by atoms with E-state index in [1.54, 1.807) is 16.2 Å². The van der Waals surface area contributed by atoms with E-state index in [9.17, 15) is 19.7 Å². The van der Waals surface area contributed by atoms with Crippen molar-refractivity contribution < 1.29 is 19.2 Å². The normalized spacial score (nSPS) is 15.4. The van der Waals surface area contributed by atoms with Gasteiger partial charge in [-0.1, -0.05) is 30.3 Å². The van der Waals surface area contributed by atoms with Gasteiger partial charge in [-0.2, -0.15) is 0 Å². The number of non-ortho nitro benzene ring substituents is 1. The zero-order chi connectivity index (χ0) is 21.3. The fraction of sp³-hybridized carbons (Fsp3) is 0.182. The molecule has 0 radical (unpaired) electrons. The molecule has 1 amide bonds. The SMILES string of the molecule is COC(=O)c1cc(C(=O)N2CCc3sccc3C2c2ccccc2)cc([N+](=O)[O-])c1. The van der Waals surface area contributed by atoms with Crippen molar-refractivity contribution in [1.82, 2.24) is 4.90 Å². The lowest BCUT2D eigenvalue weighted by Crippen LogP contribution is -2.40. The predicted octanol–water partition coefficient (Wildman–Crippen LogP) is 4.23. The number of nitro groups is 1. The van der Waals surface area contributed by atoms with Crippen molar-refractivity contribution in [3.8, 4) is 0 Å². The number of hydrogen-bond acceptors (Lipinski definition) is 6. The molecule has 2 aromatic carbocycles. The number of esters is 1. The Morgan fingerprint density at radius 2 is 1.87 bits per heavy atom. The Morgan fingerprint density at radius 3 is 2.57 bits per heavy atom. The molecule has 0 N–H and O–H groups in total. The van der Waals surface area contributed by atoms with Gasteiger partial charge in [0, 0.05) is 29.1 Å². The maximum absolute atomic E-state index is 13.5. The Morgan fingerprint density at radius 1 is 1.13 bits per heavy atom. The molecular formula is C22H18N2O5S. The molecule has 1 unspecified atom stereocenters. The highest BCUT2D eigenvalue weighted by atomic mass is 32.1. The van der Waals surface area contributed by atoms with E-state index in [1.807, 2.05) is 41.8 Å². The number of nitro benzene ring substituents is 1. The summed E-state index contributed by atoms with van der Waals surface area (Å²) in [5, 5.41) is 13.4. The van der Waals surface area contributed by atoms with Crippen LogP contribution in [0, 0.1) is 10.1 Å². The first-order valence-corrected chi connectivity index (χ1v) is 10.2. The third-order valence-electron chi connectivity index (χ3n) is 5.14. The van der Waals surface area contributed by atoms with E-state index in [4.69, 9.17) is 4.74 Å². The number of fused-ring (bicyclic) bond motifs is 1. The first kappa shape index (κ1) is 19.8. The molecule has 30 heavy (non-hydrogen) atoms. The monoisotopic (exact) mass is 422 g/mol. The lowest BCUT2D eigenvalue weighted by molar-refractivity contribution is -0.384. The zero-order valence-electron chi connectivity index (χ0n) is 16.1. The second-order valence-electron chi connectivity index (χ2n) is 6.88. The van der Waals surface area contributed by atoms with E-state index in [2.05, 4.69) is 0 Å². The summed E-state index contributed by atoms with van der Waals surface area (Å²) in [4.78, 5) is 39.2. The Bertz CT molecular complexity index is 1130. The van der Waals surface area contributed by atoms with E-state index >= 15 is 0 Å². The summed E-state index contributed by atoms with van der Waals surface area (Å²) in [5.74, 6) is -1.10. The van der Waals surface area contributed by atoms with Crippen molar-refractivity contribution >= 4 is 28.9 Å². The van der Waals surface area contributed by atoms with Crippen LogP contribution in [0.1, 0.15) is 42.8 Å². The summed E-state index contributed by atoms with van der Waals surface area (Å²) < 4.78 is 4.69. The second kappa shape index (κ2) is 8.08. The maximum atomic E-state index is 13.5. The van der Waals surface area contributed by atoms with Gasteiger partial charge < -0.3 is 9.64 Å². The van der Waals surface area contributed by atoms with Crippen LogP contribution < -0.4 is 0 Å². The molecule has 0 saturated heterocycles. The van der Waals surface area contributed by atoms with E-state index in [-0.39, 0.29) is 28.8 Å². The van der Waals surface area contributed by atoms with Crippen LogP contribution in [0.2, 0.25) is 0 Å². The van der Waals surface area contributed by atoms with Crippen molar-refractivity contribution in [2.24, 2.45) is 0 Å². The molecule has 3 aromatic rings. The third-order valence-corrected chi connectivity index (χ3v) is 6.14. The summed E-state index contributed by atoms with van der Waals surface area (Å²) in [6, 6.07) is 15.1. The van der Waals surface area contributed by atoms with Gasteiger partial charge in [-0.3, -0.25) is 14.9 Å². The van der Waals surface area contributed by atoms with Crippen molar-refractivity contribution in [3.05, 3.63) is 97.2 Å². The highest BCUT2D eigenvalue weighted by Crippen LogP contribution is 2.38. The largest absolute Gasteiger partial charge is 0.465 e. The van der Waals surface area contributed by atoms with Crippen molar-refractivity contribution in [1.29, 1.82) is 0 Å². The Labute approximate surface area is 176 Å². The molecule has 2 heterocycles. The molecule has 152 valence electrons. The summed E-state index contributed by atoms with van der Waals surface area (Å²) in [7, 11) is 1.19. The number of amides is 1. The molecule has 1 aliphatic heterocycles. The molecule has 0 spiro atoms. The van der Waals surface area contributed by atoms with Gasteiger partial charge in [0.15, 0.2) is 0 Å². The number of benzene rings is 2.